The van der Waals surface area contributed by atoms with Crippen LogP contribution < -0.4 is 5.73 Å². The second-order valence-corrected chi connectivity index (χ2v) is 8.57. The van der Waals surface area contributed by atoms with Crippen LogP contribution in [0.4, 0.5) is 0 Å². The number of carbonyl (C=O) groups is 1. The Hall–Kier alpha value is -1.15. The van der Waals surface area contributed by atoms with Crippen LogP contribution in [0, 0.1) is 11.3 Å². The first-order valence-corrected chi connectivity index (χ1v) is 9.72. The quantitative estimate of drug-likeness (QED) is 0.719. The van der Waals surface area contributed by atoms with E-state index < -0.39 is 0 Å². The van der Waals surface area contributed by atoms with Crippen molar-refractivity contribution in [3.8, 4) is 0 Å². The summed E-state index contributed by atoms with van der Waals surface area (Å²) < 4.78 is 0. The van der Waals surface area contributed by atoms with Crippen molar-refractivity contribution in [3.63, 3.8) is 0 Å². The Kier molecular flexibility index (Phi) is 6.62. The van der Waals surface area contributed by atoms with E-state index in [1.165, 1.54) is 18.4 Å². The minimum atomic E-state index is 0.120. The Morgan fingerprint density at radius 1 is 1.21 bits per heavy atom. The average molecular weight is 330 g/mol. The van der Waals surface area contributed by atoms with Gasteiger partial charge in [-0.15, -0.1) is 0 Å². The predicted molar refractivity (Wildman–Crippen MR) is 102 cm³/mol. The number of ketones is 1. The Balaban J connectivity index is 0.000000355. The van der Waals surface area contributed by atoms with Crippen LogP contribution in [0.3, 0.4) is 0 Å². The highest BCUT2D eigenvalue weighted by Gasteiger charge is 2.30. The molecule has 2 nitrogen and oxygen atoms in total. The number of hydrogen-bond donors (Lipinski definition) is 1. The molecule has 0 saturated heterocycles. The van der Waals surface area contributed by atoms with Gasteiger partial charge in [-0.05, 0) is 67.9 Å². The Morgan fingerprint density at radius 2 is 1.79 bits per heavy atom. The fraction of sp³-hybridized carbons (Fsp3) is 0.682. The average Bonchev–Trinajstić information content (AvgIpc) is 3.29. The summed E-state index contributed by atoms with van der Waals surface area (Å²) in [5, 5.41) is 0. The molecule has 2 saturated carbocycles. The molecule has 0 heterocycles. The molecule has 134 valence electrons. The molecule has 2 heteroatoms. The Labute approximate surface area is 148 Å². The molecule has 0 amide bonds. The van der Waals surface area contributed by atoms with Gasteiger partial charge in [-0.25, -0.2) is 0 Å². The molecule has 1 unspecified atom stereocenters. The van der Waals surface area contributed by atoms with E-state index in [0.29, 0.717) is 12.0 Å². The van der Waals surface area contributed by atoms with E-state index in [2.05, 4.69) is 32.9 Å². The van der Waals surface area contributed by atoms with E-state index >= 15 is 0 Å². The molecule has 24 heavy (non-hydrogen) atoms. The van der Waals surface area contributed by atoms with Crippen molar-refractivity contribution >= 4 is 5.78 Å². The van der Waals surface area contributed by atoms with E-state index in [0.717, 1.165) is 43.1 Å². The smallest absolute Gasteiger partial charge is 0.165 e. The van der Waals surface area contributed by atoms with Crippen molar-refractivity contribution in [1.82, 2.24) is 0 Å². The highest BCUT2D eigenvalue weighted by Crippen LogP contribution is 2.43. The first-order chi connectivity index (χ1) is 11.3. The van der Waals surface area contributed by atoms with Gasteiger partial charge in [0.25, 0.3) is 0 Å². The number of Topliss-reactive ketones (excluding diaryl/α,β-unsaturated/α-hetero) is 1. The lowest BCUT2D eigenvalue weighted by Crippen LogP contribution is -2.25. The van der Waals surface area contributed by atoms with Crippen molar-refractivity contribution in [1.29, 1.82) is 0 Å². The minimum absolute atomic E-state index is 0.120. The van der Waals surface area contributed by atoms with Gasteiger partial charge in [0.15, 0.2) is 5.78 Å². The Bertz CT molecular complexity index is 535. The van der Waals surface area contributed by atoms with Crippen LogP contribution >= 0.6 is 0 Å². The summed E-state index contributed by atoms with van der Waals surface area (Å²) in [5.41, 5.74) is 8.90. The standard InChI is InChI=1S/C17H25NO.C5H10/c1-3-12(2)17(19)15-6-4-5-14(11-15)13-7-9-16(18)10-8-13;1-5(2)3-4-5/h4-6,11-13,16H,3,7-10,18H2,1-2H3;3-4H2,1-2H3. The van der Waals surface area contributed by atoms with Crippen LogP contribution in [0.2, 0.25) is 0 Å². The summed E-state index contributed by atoms with van der Waals surface area (Å²) in [4.78, 5) is 12.2. The van der Waals surface area contributed by atoms with E-state index in [9.17, 15) is 4.79 Å². The number of carbonyl (C=O) groups excluding carboxylic acids is 1. The summed E-state index contributed by atoms with van der Waals surface area (Å²) in [5.74, 6) is 0.983. The van der Waals surface area contributed by atoms with Crippen molar-refractivity contribution in [3.05, 3.63) is 35.4 Å². The van der Waals surface area contributed by atoms with Gasteiger partial charge in [0.2, 0.25) is 0 Å². The van der Waals surface area contributed by atoms with Gasteiger partial charge in [-0.1, -0.05) is 45.9 Å². The SMILES string of the molecule is CC1(C)CC1.CCC(C)C(=O)c1cccc(C2CCC(N)CC2)c1. The molecular formula is C22H35NO. The number of nitrogens with two attached hydrogens (primary N) is 1. The molecule has 0 radical (unpaired) electrons. The van der Waals surface area contributed by atoms with Gasteiger partial charge in [0.1, 0.15) is 0 Å². The van der Waals surface area contributed by atoms with Gasteiger partial charge < -0.3 is 5.73 Å². The molecule has 1 atom stereocenters. The van der Waals surface area contributed by atoms with E-state index in [1.807, 2.05) is 19.1 Å². The van der Waals surface area contributed by atoms with Gasteiger partial charge in [0.05, 0.1) is 0 Å². The molecule has 1 aromatic rings. The van der Waals surface area contributed by atoms with Crippen molar-refractivity contribution in [2.45, 2.75) is 84.6 Å². The summed E-state index contributed by atoms with van der Waals surface area (Å²) in [6, 6.07) is 8.62. The Morgan fingerprint density at radius 3 is 2.29 bits per heavy atom. The predicted octanol–water partition coefficient (Wildman–Crippen LogP) is 5.71. The number of benzene rings is 1. The van der Waals surface area contributed by atoms with Crippen molar-refractivity contribution in [2.24, 2.45) is 17.1 Å². The summed E-state index contributed by atoms with van der Waals surface area (Å²) >= 11 is 0. The van der Waals surface area contributed by atoms with Crippen LogP contribution in [-0.4, -0.2) is 11.8 Å². The normalized spacial score (nSPS) is 26.0. The second-order valence-electron chi connectivity index (χ2n) is 8.57. The zero-order valence-electron chi connectivity index (χ0n) is 16.0. The van der Waals surface area contributed by atoms with E-state index in [1.54, 1.807) is 0 Å². The van der Waals surface area contributed by atoms with Gasteiger partial charge in [0, 0.05) is 17.5 Å². The second kappa shape index (κ2) is 8.29. The highest BCUT2D eigenvalue weighted by atomic mass is 16.1. The molecule has 0 spiro atoms. The molecule has 2 aliphatic rings. The topological polar surface area (TPSA) is 43.1 Å². The van der Waals surface area contributed by atoms with Gasteiger partial charge in [-0.3, -0.25) is 4.79 Å². The third-order valence-electron chi connectivity index (χ3n) is 5.72. The minimum Gasteiger partial charge on any atom is -0.328 e. The first kappa shape index (κ1) is 19.2. The fourth-order valence-electron chi connectivity index (χ4n) is 3.12. The van der Waals surface area contributed by atoms with E-state index in [-0.39, 0.29) is 11.7 Å². The number of rotatable bonds is 4. The molecule has 2 N–H and O–H groups in total. The highest BCUT2D eigenvalue weighted by molar-refractivity contribution is 5.97. The zero-order chi connectivity index (χ0) is 17.7. The molecule has 1 aromatic carbocycles. The van der Waals surface area contributed by atoms with Crippen molar-refractivity contribution < 1.29 is 4.79 Å². The molecule has 2 aliphatic carbocycles. The van der Waals surface area contributed by atoms with Gasteiger partial charge in [-0.2, -0.15) is 0 Å². The lowest BCUT2D eigenvalue weighted by Gasteiger charge is -2.26. The van der Waals surface area contributed by atoms with Crippen LogP contribution in [0.25, 0.3) is 0 Å². The zero-order valence-corrected chi connectivity index (χ0v) is 16.0. The van der Waals surface area contributed by atoms with Gasteiger partial charge >= 0.3 is 0 Å². The van der Waals surface area contributed by atoms with Crippen molar-refractivity contribution in [2.75, 3.05) is 0 Å². The summed E-state index contributed by atoms with van der Waals surface area (Å²) in [6.45, 7) is 8.67. The van der Waals surface area contributed by atoms with Crippen LogP contribution in [-0.2, 0) is 0 Å². The largest absolute Gasteiger partial charge is 0.328 e. The number of hydrogen-bond acceptors (Lipinski definition) is 2. The molecule has 0 aromatic heterocycles. The van der Waals surface area contributed by atoms with E-state index in [4.69, 9.17) is 5.73 Å². The monoisotopic (exact) mass is 329 g/mol. The lowest BCUT2D eigenvalue weighted by molar-refractivity contribution is 0.0927. The molecule has 0 aliphatic heterocycles. The summed E-state index contributed by atoms with van der Waals surface area (Å²) in [7, 11) is 0. The maximum Gasteiger partial charge on any atom is 0.165 e. The van der Waals surface area contributed by atoms with Crippen LogP contribution in [0.1, 0.15) is 94.5 Å². The first-order valence-electron chi connectivity index (χ1n) is 9.72. The van der Waals surface area contributed by atoms with Crippen LogP contribution in [0.15, 0.2) is 24.3 Å². The molecule has 2 fully saturated rings. The maximum atomic E-state index is 12.2. The third-order valence-corrected chi connectivity index (χ3v) is 5.72. The fourth-order valence-corrected chi connectivity index (χ4v) is 3.12. The molecular weight excluding hydrogens is 294 g/mol. The third kappa shape index (κ3) is 5.73. The molecule has 0 bridgehead atoms. The maximum absolute atomic E-state index is 12.2. The lowest BCUT2D eigenvalue weighted by atomic mass is 9.81. The summed E-state index contributed by atoms with van der Waals surface area (Å²) in [6.07, 6.45) is 8.33. The molecule has 3 rings (SSSR count). The van der Waals surface area contributed by atoms with Crippen LogP contribution in [0.5, 0.6) is 0 Å².